The van der Waals surface area contributed by atoms with Crippen LogP contribution in [-0.2, 0) is 30.9 Å². The molecule has 10 heteroatoms. The van der Waals surface area contributed by atoms with Gasteiger partial charge in [-0.05, 0) is 43.2 Å². The maximum atomic E-state index is 13.2. The fraction of sp³-hybridized carbons (Fsp3) is 0.682. The molecule has 3 heterocycles. The van der Waals surface area contributed by atoms with Crippen LogP contribution in [-0.4, -0.2) is 80.9 Å². The van der Waals surface area contributed by atoms with Crippen LogP contribution in [0.15, 0.2) is 29.2 Å². The summed E-state index contributed by atoms with van der Waals surface area (Å²) >= 11 is 1.70. The highest BCUT2D eigenvalue weighted by Gasteiger charge is 2.44. The molecule has 1 N–H and O–H groups in total. The van der Waals surface area contributed by atoms with Crippen molar-refractivity contribution in [3.8, 4) is 0 Å². The van der Waals surface area contributed by atoms with Gasteiger partial charge in [0.25, 0.3) is 10.2 Å². The Labute approximate surface area is 195 Å². The Morgan fingerprint density at radius 3 is 2.47 bits per heavy atom. The number of piperidine rings is 2. The Kier molecular flexibility index (Phi) is 7.79. The van der Waals surface area contributed by atoms with Gasteiger partial charge in [-0.3, -0.25) is 4.79 Å². The molecule has 0 radical (unpaired) electrons. The summed E-state index contributed by atoms with van der Waals surface area (Å²) in [6.45, 7) is 3.15. The predicted octanol–water partition coefficient (Wildman–Crippen LogP) is 1.86. The molecule has 1 amide bonds. The summed E-state index contributed by atoms with van der Waals surface area (Å²) < 4.78 is 40.8. The van der Waals surface area contributed by atoms with Gasteiger partial charge in [-0.2, -0.15) is 17.0 Å². The van der Waals surface area contributed by atoms with Gasteiger partial charge >= 0.3 is 0 Å². The standard InChI is InChI=1S/C22H33N3O5S2/c1-31-20-6-4-18(5-7-20)8-11-23-21(26)19-3-2-12-25(17-19)32(27,28)24-13-9-22(10-14-24)29-15-16-30-22/h4-7,19H,2-3,8-17H2,1H3,(H,23,26). The van der Waals surface area contributed by atoms with E-state index >= 15 is 0 Å². The van der Waals surface area contributed by atoms with E-state index in [0.29, 0.717) is 65.1 Å². The Hall–Kier alpha value is -1.17. The number of thioether (sulfide) groups is 1. The highest BCUT2D eigenvalue weighted by atomic mass is 32.2. The molecule has 0 aromatic heterocycles. The third kappa shape index (κ3) is 5.48. The van der Waals surface area contributed by atoms with E-state index in [1.165, 1.54) is 19.1 Å². The zero-order valence-corrected chi connectivity index (χ0v) is 20.3. The number of carbonyl (C=O) groups excluding carboxylic acids is 1. The van der Waals surface area contributed by atoms with Gasteiger partial charge in [0.05, 0.1) is 19.1 Å². The summed E-state index contributed by atoms with van der Waals surface area (Å²) in [5.74, 6) is -0.975. The minimum atomic E-state index is -3.59. The lowest BCUT2D eigenvalue weighted by atomic mass is 9.99. The van der Waals surface area contributed by atoms with E-state index in [1.807, 2.05) is 6.26 Å². The van der Waals surface area contributed by atoms with Gasteiger partial charge in [-0.1, -0.05) is 12.1 Å². The van der Waals surface area contributed by atoms with Crippen LogP contribution >= 0.6 is 11.8 Å². The van der Waals surface area contributed by atoms with Gasteiger partial charge < -0.3 is 14.8 Å². The lowest BCUT2D eigenvalue weighted by Crippen LogP contribution is -2.54. The molecule has 1 aromatic carbocycles. The van der Waals surface area contributed by atoms with Crippen LogP contribution < -0.4 is 5.32 Å². The van der Waals surface area contributed by atoms with E-state index in [2.05, 4.69) is 29.6 Å². The van der Waals surface area contributed by atoms with Crippen LogP contribution in [0.5, 0.6) is 0 Å². The minimum Gasteiger partial charge on any atom is -0.355 e. The maximum absolute atomic E-state index is 13.2. The number of nitrogens with one attached hydrogen (secondary N) is 1. The van der Waals surface area contributed by atoms with Gasteiger partial charge in [0.1, 0.15) is 0 Å². The summed E-state index contributed by atoms with van der Waals surface area (Å²) in [4.78, 5) is 13.9. The smallest absolute Gasteiger partial charge is 0.282 e. The van der Waals surface area contributed by atoms with Crippen molar-refractivity contribution >= 4 is 27.9 Å². The van der Waals surface area contributed by atoms with Crippen molar-refractivity contribution in [1.82, 2.24) is 13.9 Å². The summed E-state index contributed by atoms with van der Waals surface area (Å²) in [5.41, 5.74) is 1.18. The third-order valence-corrected chi connectivity index (χ3v) is 9.32. The van der Waals surface area contributed by atoms with Crippen molar-refractivity contribution in [1.29, 1.82) is 0 Å². The van der Waals surface area contributed by atoms with E-state index in [-0.39, 0.29) is 18.4 Å². The zero-order valence-electron chi connectivity index (χ0n) is 18.6. The highest BCUT2D eigenvalue weighted by molar-refractivity contribution is 7.98. The van der Waals surface area contributed by atoms with Crippen LogP contribution in [0.25, 0.3) is 0 Å². The van der Waals surface area contributed by atoms with Crippen molar-refractivity contribution in [3.63, 3.8) is 0 Å². The fourth-order valence-corrected chi connectivity index (χ4v) is 6.75. The molecule has 1 atom stereocenters. The summed E-state index contributed by atoms with van der Waals surface area (Å²) in [6, 6.07) is 8.33. The van der Waals surface area contributed by atoms with Crippen molar-refractivity contribution in [2.24, 2.45) is 5.92 Å². The molecule has 3 saturated heterocycles. The maximum Gasteiger partial charge on any atom is 0.282 e. The SMILES string of the molecule is CSc1ccc(CCNC(=O)C2CCCN(S(=O)(=O)N3CCC4(CC3)OCCO4)C2)cc1. The number of hydrogen-bond donors (Lipinski definition) is 1. The first-order chi connectivity index (χ1) is 15.4. The Bertz CT molecular complexity index is 877. The minimum absolute atomic E-state index is 0.0593. The molecule has 1 spiro atoms. The van der Waals surface area contributed by atoms with E-state index < -0.39 is 16.0 Å². The Morgan fingerprint density at radius 2 is 1.81 bits per heavy atom. The summed E-state index contributed by atoms with van der Waals surface area (Å²) in [6.07, 6.45) is 5.30. The lowest BCUT2D eigenvalue weighted by molar-refractivity contribution is -0.179. The molecule has 3 aliphatic heterocycles. The van der Waals surface area contributed by atoms with Crippen molar-refractivity contribution in [2.75, 3.05) is 52.2 Å². The fourth-order valence-electron chi connectivity index (χ4n) is 4.64. The normalized spacial score (nSPS) is 24.6. The topological polar surface area (TPSA) is 88.2 Å². The monoisotopic (exact) mass is 483 g/mol. The molecule has 178 valence electrons. The van der Waals surface area contributed by atoms with Crippen molar-refractivity contribution in [2.45, 2.75) is 42.8 Å². The summed E-state index contributed by atoms with van der Waals surface area (Å²) in [7, 11) is -3.59. The third-order valence-electron chi connectivity index (χ3n) is 6.58. The number of ether oxygens (including phenoxy) is 2. The van der Waals surface area contributed by atoms with Crippen molar-refractivity contribution < 1.29 is 22.7 Å². The molecule has 0 bridgehead atoms. The Morgan fingerprint density at radius 1 is 1.12 bits per heavy atom. The second-order valence-corrected chi connectivity index (χ2v) is 11.4. The van der Waals surface area contributed by atoms with Crippen LogP contribution in [0.3, 0.4) is 0 Å². The zero-order chi connectivity index (χ0) is 22.6. The molecule has 3 fully saturated rings. The van der Waals surface area contributed by atoms with Gasteiger partial charge in [-0.25, -0.2) is 0 Å². The highest BCUT2D eigenvalue weighted by Crippen LogP contribution is 2.33. The number of nitrogens with zero attached hydrogens (tertiary/aromatic N) is 2. The lowest BCUT2D eigenvalue weighted by Gasteiger charge is -2.40. The Balaban J connectivity index is 1.26. The van der Waals surface area contributed by atoms with Crippen LogP contribution in [0.1, 0.15) is 31.2 Å². The second kappa shape index (κ2) is 10.4. The van der Waals surface area contributed by atoms with Gasteiger partial charge in [-0.15, -0.1) is 11.8 Å². The second-order valence-electron chi connectivity index (χ2n) is 8.60. The van der Waals surface area contributed by atoms with Crippen LogP contribution in [0.4, 0.5) is 0 Å². The number of amides is 1. The number of carbonyl (C=O) groups is 1. The van der Waals surface area contributed by atoms with E-state index in [1.54, 1.807) is 11.8 Å². The molecular weight excluding hydrogens is 450 g/mol. The molecule has 0 saturated carbocycles. The molecule has 8 nitrogen and oxygen atoms in total. The van der Waals surface area contributed by atoms with Crippen LogP contribution in [0.2, 0.25) is 0 Å². The average Bonchev–Trinajstić information content (AvgIpc) is 3.27. The first-order valence-electron chi connectivity index (χ1n) is 11.4. The van der Waals surface area contributed by atoms with E-state index in [9.17, 15) is 13.2 Å². The summed E-state index contributed by atoms with van der Waals surface area (Å²) in [5, 5.41) is 3.00. The van der Waals surface area contributed by atoms with Crippen LogP contribution in [0, 0.1) is 5.92 Å². The number of hydrogen-bond acceptors (Lipinski definition) is 6. The molecule has 0 aliphatic carbocycles. The average molecular weight is 484 g/mol. The quantitative estimate of drug-likeness (QED) is 0.596. The van der Waals surface area contributed by atoms with Crippen molar-refractivity contribution in [3.05, 3.63) is 29.8 Å². The van der Waals surface area contributed by atoms with Gasteiger partial charge in [0.2, 0.25) is 5.91 Å². The largest absolute Gasteiger partial charge is 0.355 e. The first-order valence-corrected chi connectivity index (χ1v) is 14.0. The number of rotatable bonds is 7. The predicted molar refractivity (Wildman–Crippen MR) is 124 cm³/mol. The van der Waals surface area contributed by atoms with Gasteiger partial charge in [0.15, 0.2) is 5.79 Å². The molecule has 4 rings (SSSR count). The van der Waals surface area contributed by atoms with Gasteiger partial charge in [0, 0.05) is 50.5 Å². The molecule has 3 aliphatic rings. The molecular formula is C22H33N3O5S2. The molecule has 1 aromatic rings. The van der Waals surface area contributed by atoms with E-state index in [0.717, 1.165) is 6.42 Å². The molecule has 32 heavy (non-hydrogen) atoms. The number of benzene rings is 1. The first kappa shape index (κ1) is 24.0. The molecule has 1 unspecified atom stereocenters. The van der Waals surface area contributed by atoms with E-state index in [4.69, 9.17) is 9.47 Å².